The standard InChI is InChI=1S/C13H21N3/c1-4-16-7-5-6-12(16)11-8-10(2)13(14-3)15-9-11/h8-9,12H,4-7H2,1-3H3,(H,14,15). The first-order valence-corrected chi connectivity index (χ1v) is 6.14. The summed E-state index contributed by atoms with van der Waals surface area (Å²) in [6.45, 7) is 6.72. The quantitative estimate of drug-likeness (QED) is 0.847. The second kappa shape index (κ2) is 4.83. The van der Waals surface area contributed by atoms with Gasteiger partial charge in [0.25, 0.3) is 0 Å². The monoisotopic (exact) mass is 219 g/mol. The van der Waals surface area contributed by atoms with Crippen molar-refractivity contribution >= 4 is 5.82 Å². The van der Waals surface area contributed by atoms with Gasteiger partial charge in [0.2, 0.25) is 0 Å². The van der Waals surface area contributed by atoms with Crippen LogP contribution in [0.3, 0.4) is 0 Å². The average Bonchev–Trinajstić information content (AvgIpc) is 2.77. The van der Waals surface area contributed by atoms with E-state index in [1.165, 1.54) is 30.5 Å². The number of pyridine rings is 1. The van der Waals surface area contributed by atoms with Gasteiger partial charge < -0.3 is 5.32 Å². The number of aryl methyl sites for hydroxylation is 1. The van der Waals surface area contributed by atoms with Crippen LogP contribution < -0.4 is 5.32 Å². The molecular formula is C13H21N3. The Bertz CT molecular complexity index is 362. The summed E-state index contributed by atoms with van der Waals surface area (Å²) in [6, 6.07) is 2.86. The number of hydrogen-bond donors (Lipinski definition) is 1. The highest BCUT2D eigenvalue weighted by Gasteiger charge is 2.24. The summed E-state index contributed by atoms with van der Waals surface area (Å²) in [5, 5.41) is 3.11. The Morgan fingerprint density at radius 3 is 3.00 bits per heavy atom. The third-order valence-corrected chi connectivity index (χ3v) is 3.49. The number of rotatable bonds is 3. The summed E-state index contributed by atoms with van der Waals surface area (Å²) in [5.41, 5.74) is 2.61. The zero-order valence-corrected chi connectivity index (χ0v) is 10.5. The van der Waals surface area contributed by atoms with Gasteiger partial charge in [-0.15, -0.1) is 0 Å². The van der Waals surface area contributed by atoms with Crippen LogP contribution in [-0.2, 0) is 0 Å². The van der Waals surface area contributed by atoms with E-state index >= 15 is 0 Å². The van der Waals surface area contributed by atoms with E-state index in [1.54, 1.807) is 0 Å². The molecule has 2 rings (SSSR count). The summed E-state index contributed by atoms with van der Waals surface area (Å²) in [4.78, 5) is 7.01. The Kier molecular flexibility index (Phi) is 3.44. The van der Waals surface area contributed by atoms with Crippen LogP contribution in [0, 0.1) is 6.92 Å². The molecule has 1 fully saturated rings. The lowest BCUT2D eigenvalue weighted by molar-refractivity contribution is 0.271. The molecule has 0 saturated carbocycles. The lowest BCUT2D eigenvalue weighted by Gasteiger charge is -2.23. The summed E-state index contributed by atoms with van der Waals surface area (Å²) in [5.74, 6) is 0.991. The Labute approximate surface area is 97.9 Å². The number of likely N-dealkylation sites (tertiary alicyclic amines) is 1. The molecule has 88 valence electrons. The molecule has 1 aromatic heterocycles. The predicted octanol–water partition coefficient (Wildman–Crippen LogP) is 2.59. The number of anilines is 1. The maximum absolute atomic E-state index is 4.47. The van der Waals surface area contributed by atoms with Crippen molar-refractivity contribution in [1.82, 2.24) is 9.88 Å². The Morgan fingerprint density at radius 1 is 1.56 bits per heavy atom. The minimum Gasteiger partial charge on any atom is -0.373 e. The molecule has 0 bridgehead atoms. The van der Waals surface area contributed by atoms with Crippen LogP contribution >= 0.6 is 0 Å². The van der Waals surface area contributed by atoms with Crippen LogP contribution in [0.4, 0.5) is 5.82 Å². The van der Waals surface area contributed by atoms with Crippen molar-refractivity contribution in [3.8, 4) is 0 Å². The molecule has 1 N–H and O–H groups in total. The van der Waals surface area contributed by atoms with E-state index in [0.29, 0.717) is 6.04 Å². The smallest absolute Gasteiger partial charge is 0.128 e. The highest BCUT2D eigenvalue weighted by molar-refractivity contribution is 5.44. The van der Waals surface area contributed by atoms with Gasteiger partial charge in [0, 0.05) is 19.3 Å². The zero-order chi connectivity index (χ0) is 11.5. The molecule has 1 aliphatic heterocycles. The number of nitrogens with one attached hydrogen (secondary N) is 1. The topological polar surface area (TPSA) is 28.2 Å². The van der Waals surface area contributed by atoms with Crippen molar-refractivity contribution in [1.29, 1.82) is 0 Å². The van der Waals surface area contributed by atoms with Crippen molar-refractivity contribution in [3.63, 3.8) is 0 Å². The van der Waals surface area contributed by atoms with Crippen molar-refractivity contribution in [2.45, 2.75) is 32.7 Å². The minimum atomic E-state index is 0.585. The molecule has 0 spiro atoms. The molecule has 16 heavy (non-hydrogen) atoms. The zero-order valence-electron chi connectivity index (χ0n) is 10.5. The number of aromatic nitrogens is 1. The van der Waals surface area contributed by atoms with Gasteiger partial charge in [0.1, 0.15) is 5.82 Å². The normalized spacial score (nSPS) is 21.3. The molecule has 0 radical (unpaired) electrons. The molecule has 0 aromatic carbocycles. The van der Waals surface area contributed by atoms with Crippen LogP contribution in [0.15, 0.2) is 12.3 Å². The molecule has 2 heterocycles. The van der Waals surface area contributed by atoms with Crippen LogP contribution in [0.5, 0.6) is 0 Å². The van der Waals surface area contributed by atoms with Gasteiger partial charge in [-0.2, -0.15) is 0 Å². The third kappa shape index (κ3) is 2.05. The fourth-order valence-corrected chi connectivity index (χ4v) is 2.62. The summed E-state index contributed by atoms with van der Waals surface area (Å²) < 4.78 is 0. The summed E-state index contributed by atoms with van der Waals surface area (Å²) in [6.07, 6.45) is 4.61. The molecule has 1 aromatic rings. The van der Waals surface area contributed by atoms with Gasteiger partial charge in [-0.1, -0.05) is 6.92 Å². The van der Waals surface area contributed by atoms with Gasteiger partial charge in [0.15, 0.2) is 0 Å². The lowest BCUT2D eigenvalue weighted by atomic mass is 10.0. The largest absolute Gasteiger partial charge is 0.373 e. The van der Waals surface area contributed by atoms with Gasteiger partial charge in [-0.05, 0) is 50.0 Å². The van der Waals surface area contributed by atoms with E-state index in [9.17, 15) is 0 Å². The summed E-state index contributed by atoms with van der Waals surface area (Å²) >= 11 is 0. The van der Waals surface area contributed by atoms with Crippen LogP contribution in [0.2, 0.25) is 0 Å². The molecule has 1 atom stereocenters. The van der Waals surface area contributed by atoms with E-state index in [-0.39, 0.29) is 0 Å². The fraction of sp³-hybridized carbons (Fsp3) is 0.615. The molecule has 3 heteroatoms. The van der Waals surface area contributed by atoms with E-state index in [0.717, 1.165) is 12.4 Å². The molecule has 1 saturated heterocycles. The molecule has 0 amide bonds. The van der Waals surface area contributed by atoms with Gasteiger partial charge in [-0.25, -0.2) is 4.98 Å². The van der Waals surface area contributed by atoms with E-state index in [1.807, 2.05) is 13.2 Å². The first-order chi connectivity index (χ1) is 7.76. The Hall–Kier alpha value is -1.09. The van der Waals surface area contributed by atoms with E-state index < -0.39 is 0 Å². The highest BCUT2D eigenvalue weighted by atomic mass is 15.2. The fourth-order valence-electron chi connectivity index (χ4n) is 2.62. The van der Waals surface area contributed by atoms with Crippen LogP contribution in [0.1, 0.15) is 36.9 Å². The van der Waals surface area contributed by atoms with Gasteiger partial charge >= 0.3 is 0 Å². The number of hydrogen-bond acceptors (Lipinski definition) is 3. The lowest BCUT2D eigenvalue weighted by Crippen LogP contribution is -2.22. The maximum Gasteiger partial charge on any atom is 0.128 e. The van der Waals surface area contributed by atoms with Gasteiger partial charge in [-0.3, -0.25) is 4.90 Å². The highest BCUT2D eigenvalue weighted by Crippen LogP contribution is 2.32. The van der Waals surface area contributed by atoms with Crippen molar-refractivity contribution in [2.75, 3.05) is 25.5 Å². The van der Waals surface area contributed by atoms with Crippen LogP contribution in [-0.4, -0.2) is 30.0 Å². The SMILES string of the molecule is CCN1CCCC1c1cnc(NC)c(C)c1. The third-order valence-electron chi connectivity index (χ3n) is 3.49. The first-order valence-electron chi connectivity index (χ1n) is 6.14. The Balaban J connectivity index is 2.23. The molecule has 1 aliphatic rings. The Morgan fingerprint density at radius 2 is 2.38 bits per heavy atom. The van der Waals surface area contributed by atoms with E-state index in [4.69, 9.17) is 0 Å². The maximum atomic E-state index is 4.47. The minimum absolute atomic E-state index is 0.585. The average molecular weight is 219 g/mol. The van der Waals surface area contributed by atoms with Crippen molar-refractivity contribution < 1.29 is 0 Å². The first kappa shape index (κ1) is 11.4. The molecular weight excluding hydrogens is 198 g/mol. The number of nitrogens with zero attached hydrogens (tertiary/aromatic N) is 2. The molecule has 1 unspecified atom stereocenters. The molecule has 3 nitrogen and oxygen atoms in total. The second-order valence-electron chi connectivity index (χ2n) is 4.47. The van der Waals surface area contributed by atoms with Gasteiger partial charge in [0.05, 0.1) is 0 Å². The van der Waals surface area contributed by atoms with Crippen molar-refractivity contribution in [3.05, 3.63) is 23.4 Å². The van der Waals surface area contributed by atoms with Crippen molar-refractivity contribution in [2.24, 2.45) is 0 Å². The van der Waals surface area contributed by atoms with E-state index in [2.05, 4.69) is 35.1 Å². The van der Waals surface area contributed by atoms with Crippen LogP contribution in [0.25, 0.3) is 0 Å². The second-order valence-corrected chi connectivity index (χ2v) is 4.47. The predicted molar refractivity (Wildman–Crippen MR) is 67.7 cm³/mol. The molecule has 0 aliphatic carbocycles. The summed E-state index contributed by atoms with van der Waals surface area (Å²) in [7, 11) is 1.92.